The molecule has 0 unspecified atom stereocenters. The first kappa shape index (κ1) is 10.2. The molecule has 1 aromatic rings. The Kier molecular flexibility index (Phi) is 3.92. The topological polar surface area (TPSA) is 47.1 Å². The highest BCUT2D eigenvalue weighted by Crippen LogP contribution is 2.09. The molecule has 74 valence electrons. The molecule has 0 bridgehead atoms. The Morgan fingerprint density at radius 3 is 2.69 bits per heavy atom. The molecule has 0 amide bonds. The lowest BCUT2D eigenvalue weighted by Crippen LogP contribution is -2.17. The second kappa shape index (κ2) is 4.99. The van der Waals surface area contributed by atoms with E-state index in [2.05, 4.69) is 17.1 Å². The van der Waals surface area contributed by atoms with Gasteiger partial charge in [-0.1, -0.05) is 6.92 Å². The Balaban J connectivity index is 2.61. The number of H-pyrrole nitrogens is 1. The summed E-state index contributed by atoms with van der Waals surface area (Å²) in [5.74, 6) is 0. The van der Waals surface area contributed by atoms with E-state index in [1.165, 1.54) is 5.56 Å². The molecule has 1 heterocycles. The first-order valence-electron chi connectivity index (χ1n) is 4.38. The summed E-state index contributed by atoms with van der Waals surface area (Å²) in [5.41, 5.74) is 2.32. The van der Waals surface area contributed by atoms with Crippen LogP contribution in [0.5, 0.6) is 0 Å². The highest BCUT2D eigenvalue weighted by molar-refractivity contribution is 5.16. The number of nitrogens with zero attached hydrogens (tertiary/aromatic N) is 1. The van der Waals surface area contributed by atoms with Crippen LogP contribution in [-0.2, 0) is 22.3 Å². The molecule has 0 atom stereocenters. The molecule has 0 radical (unpaired) electrons. The summed E-state index contributed by atoms with van der Waals surface area (Å²) in [7, 11) is 3.27. The minimum absolute atomic E-state index is 0.189. The van der Waals surface area contributed by atoms with Gasteiger partial charge < -0.3 is 9.47 Å². The van der Waals surface area contributed by atoms with E-state index in [0.29, 0.717) is 0 Å². The fourth-order valence-electron chi connectivity index (χ4n) is 1.25. The van der Waals surface area contributed by atoms with Crippen molar-refractivity contribution in [3.05, 3.63) is 17.5 Å². The SMILES string of the molecule is CCc1cn[nH]c1CC(OC)OC. The van der Waals surface area contributed by atoms with Crippen molar-refractivity contribution in [2.24, 2.45) is 0 Å². The van der Waals surface area contributed by atoms with E-state index in [0.717, 1.165) is 18.5 Å². The van der Waals surface area contributed by atoms with Gasteiger partial charge in [-0.2, -0.15) is 5.10 Å². The predicted octanol–water partition coefficient (Wildman–Crippen LogP) is 1.13. The zero-order chi connectivity index (χ0) is 9.68. The Morgan fingerprint density at radius 1 is 1.46 bits per heavy atom. The van der Waals surface area contributed by atoms with Crippen molar-refractivity contribution in [1.29, 1.82) is 0 Å². The van der Waals surface area contributed by atoms with Gasteiger partial charge in [0.05, 0.1) is 6.20 Å². The standard InChI is InChI=1S/C9H16N2O2/c1-4-7-6-10-11-8(7)5-9(12-2)13-3/h6,9H,4-5H2,1-3H3,(H,10,11). The molecule has 0 spiro atoms. The van der Waals surface area contributed by atoms with Gasteiger partial charge in [-0.3, -0.25) is 5.10 Å². The van der Waals surface area contributed by atoms with Crippen molar-refractivity contribution in [1.82, 2.24) is 10.2 Å². The summed E-state index contributed by atoms with van der Waals surface area (Å²) < 4.78 is 10.2. The average Bonchev–Trinajstić information content (AvgIpc) is 2.61. The van der Waals surface area contributed by atoms with Gasteiger partial charge in [-0.25, -0.2) is 0 Å². The van der Waals surface area contributed by atoms with Gasteiger partial charge in [0.2, 0.25) is 0 Å². The summed E-state index contributed by atoms with van der Waals surface area (Å²) in [4.78, 5) is 0. The van der Waals surface area contributed by atoms with Crippen LogP contribution in [0.1, 0.15) is 18.2 Å². The lowest BCUT2D eigenvalue weighted by molar-refractivity contribution is -0.101. The van der Waals surface area contributed by atoms with Crippen LogP contribution in [0.3, 0.4) is 0 Å². The second-order valence-corrected chi connectivity index (χ2v) is 2.83. The van der Waals surface area contributed by atoms with Crippen LogP contribution in [0.4, 0.5) is 0 Å². The number of rotatable bonds is 5. The maximum Gasteiger partial charge on any atom is 0.162 e. The van der Waals surface area contributed by atoms with Gasteiger partial charge in [0.15, 0.2) is 6.29 Å². The monoisotopic (exact) mass is 184 g/mol. The molecule has 13 heavy (non-hydrogen) atoms. The zero-order valence-electron chi connectivity index (χ0n) is 8.33. The summed E-state index contributed by atoms with van der Waals surface area (Å²) >= 11 is 0. The number of hydrogen-bond donors (Lipinski definition) is 1. The van der Waals surface area contributed by atoms with Gasteiger partial charge in [-0.05, 0) is 12.0 Å². The van der Waals surface area contributed by atoms with Crippen molar-refractivity contribution in [3.8, 4) is 0 Å². The molecule has 0 aliphatic rings. The predicted molar refractivity (Wildman–Crippen MR) is 49.5 cm³/mol. The van der Waals surface area contributed by atoms with E-state index in [9.17, 15) is 0 Å². The van der Waals surface area contributed by atoms with Crippen LogP contribution in [0, 0.1) is 0 Å². The molecular weight excluding hydrogens is 168 g/mol. The molecule has 0 saturated heterocycles. The Hall–Kier alpha value is -0.870. The third-order valence-electron chi connectivity index (χ3n) is 2.08. The second-order valence-electron chi connectivity index (χ2n) is 2.83. The molecule has 4 nitrogen and oxygen atoms in total. The van der Waals surface area contributed by atoms with E-state index in [1.54, 1.807) is 14.2 Å². The fraction of sp³-hybridized carbons (Fsp3) is 0.667. The van der Waals surface area contributed by atoms with Gasteiger partial charge in [0.1, 0.15) is 0 Å². The third-order valence-corrected chi connectivity index (χ3v) is 2.08. The van der Waals surface area contributed by atoms with Crippen LogP contribution < -0.4 is 0 Å². The lowest BCUT2D eigenvalue weighted by Gasteiger charge is -2.12. The molecule has 0 aliphatic carbocycles. The molecule has 1 rings (SSSR count). The smallest absolute Gasteiger partial charge is 0.162 e. The number of nitrogens with one attached hydrogen (secondary N) is 1. The van der Waals surface area contributed by atoms with Crippen LogP contribution in [0.25, 0.3) is 0 Å². The summed E-state index contributed by atoms with van der Waals surface area (Å²) in [6.45, 7) is 2.10. The molecule has 1 N–H and O–H groups in total. The Bertz CT molecular complexity index is 244. The average molecular weight is 184 g/mol. The van der Waals surface area contributed by atoms with Crippen LogP contribution in [0.15, 0.2) is 6.20 Å². The highest BCUT2D eigenvalue weighted by atomic mass is 16.7. The van der Waals surface area contributed by atoms with Crippen molar-refractivity contribution < 1.29 is 9.47 Å². The summed E-state index contributed by atoms with van der Waals surface area (Å²) in [6.07, 6.45) is 3.35. The van der Waals surface area contributed by atoms with E-state index in [-0.39, 0.29) is 6.29 Å². The number of aromatic amines is 1. The van der Waals surface area contributed by atoms with Gasteiger partial charge in [-0.15, -0.1) is 0 Å². The maximum absolute atomic E-state index is 5.10. The first-order chi connectivity index (χ1) is 6.31. The van der Waals surface area contributed by atoms with E-state index in [1.807, 2.05) is 6.20 Å². The summed E-state index contributed by atoms with van der Waals surface area (Å²) in [6, 6.07) is 0. The minimum atomic E-state index is -0.189. The number of hydrogen-bond acceptors (Lipinski definition) is 3. The molecular formula is C9H16N2O2. The van der Waals surface area contributed by atoms with Crippen molar-refractivity contribution in [3.63, 3.8) is 0 Å². The third kappa shape index (κ3) is 2.54. The van der Waals surface area contributed by atoms with Gasteiger partial charge in [0.25, 0.3) is 0 Å². The highest BCUT2D eigenvalue weighted by Gasteiger charge is 2.10. The quantitative estimate of drug-likeness (QED) is 0.698. The van der Waals surface area contributed by atoms with E-state index >= 15 is 0 Å². The number of ether oxygens (including phenoxy) is 2. The maximum atomic E-state index is 5.10. The molecule has 1 aromatic heterocycles. The number of methoxy groups -OCH3 is 2. The molecule has 0 aromatic carbocycles. The molecule has 0 fully saturated rings. The normalized spacial score (nSPS) is 11.1. The number of aryl methyl sites for hydroxylation is 1. The minimum Gasteiger partial charge on any atom is -0.356 e. The number of aromatic nitrogens is 2. The zero-order valence-corrected chi connectivity index (χ0v) is 8.33. The first-order valence-corrected chi connectivity index (χ1v) is 4.38. The van der Waals surface area contributed by atoms with Crippen LogP contribution >= 0.6 is 0 Å². The Morgan fingerprint density at radius 2 is 2.15 bits per heavy atom. The van der Waals surface area contributed by atoms with E-state index < -0.39 is 0 Å². The fourth-order valence-corrected chi connectivity index (χ4v) is 1.25. The van der Waals surface area contributed by atoms with Crippen LogP contribution in [-0.4, -0.2) is 30.7 Å². The summed E-state index contributed by atoms with van der Waals surface area (Å²) in [5, 5.41) is 6.92. The van der Waals surface area contributed by atoms with Gasteiger partial charge >= 0.3 is 0 Å². The lowest BCUT2D eigenvalue weighted by atomic mass is 10.1. The molecule has 0 aliphatic heterocycles. The molecule has 4 heteroatoms. The Labute approximate surface area is 78.2 Å². The van der Waals surface area contributed by atoms with Crippen molar-refractivity contribution >= 4 is 0 Å². The van der Waals surface area contributed by atoms with E-state index in [4.69, 9.17) is 9.47 Å². The van der Waals surface area contributed by atoms with Crippen LogP contribution in [0.2, 0.25) is 0 Å². The largest absolute Gasteiger partial charge is 0.356 e. The van der Waals surface area contributed by atoms with Gasteiger partial charge in [0, 0.05) is 26.3 Å². The molecule has 0 saturated carbocycles. The van der Waals surface area contributed by atoms with Crippen molar-refractivity contribution in [2.75, 3.05) is 14.2 Å². The van der Waals surface area contributed by atoms with Crippen molar-refractivity contribution in [2.45, 2.75) is 26.1 Å².